The van der Waals surface area contributed by atoms with E-state index >= 15 is 0 Å². The third-order valence-corrected chi connectivity index (χ3v) is 3.08. The molecule has 1 unspecified atom stereocenters. The van der Waals surface area contributed by atoms with E-state index in [4.69, 9.17) is 5.73 Å². The van der Waals surface area contributed by atoms with Crippen LogP contribution in [0.2, 0.25) is 0 Å². The molecular weight excluding hydrogens is 233 g/mol. The van der Waals surface area contributed by atoms with Crippen LogP contribution in [0, 0.1) is 0 Å². The molecule has 1 aliphatic heterocycles. The summed E-state index contributed by atoms with van der Waals surface area (Å²) in [6, 6.07) is 0. The van der Waals surface area contributed by atoms with Crippen molar-refractivity contribution in [3.63, 3.8) is 0 Å². The third-order valence-electron chi connectivity index (χ3n) is 3.08. The van der Waals surface area contributed by atoms with Gasteiger partial charge in [-0.1, -0.05) is 13.0 Å². The van der Waals surface area contributed by atoms with E-state index in [1.54, 1.807) is 13.8 Å². The summed E-state index contributed by atoms with van der Waals surface area (Å²) >= 11 is 0. The first-order valence-electron chi connectivity index (χ1n) is 5.53. The van der Waals surface area contributed by atoms with Crippen LogP contribution in [0.15, 0.2) is 11.6 Å². The quantitative estimate of drug-likeness (QED) is 0.760. The molecule has 0 aliphatic carbocycles. The Balaban J connectivity index is 2.70. The van der Waals surface area contributed by atoms with E-state index < -0.39 is 17.3 Å². The second kappa shape index (κ2) is 4.68. The largest absolute Gasteiger partial charge is 0.412 e. The minimum absolute atomic E-state index is 0.0134. The van der Waals surface area contributed by atoms with Crippen LogP contribution in [0.4, 0.5) is 13.2 Å². The molecule has 98 valence electrons. The van der Waals surface area contributed by atoms with Gasteiger partial charge in [0.1, 0.15) is 0 Å². The predicted molar refractivity (Wildman–Crippen MR) is 58.2 cm³/mol. The molecule has 1 heterocycles. The number of hydrogen-bond donors (Lipinski definition) is 1. The molecule has 0 saturated carbocycles. The summed E-state index contributed by atoms with van der Waals surface area (Å²) in [7, 11) is 0. The highest BCUT2D eigenvalue weighted by atomic mass is 19.4. The molecule has 0 fully saturated rings. The van der Waals surface area contributed by atoms with Gasteiger partial charge in [0.2, 0.25) is 5.91 Å². The van der Waals surface area contributed by atoms with Gasteiger partial charge in [0, 0.05) is 18.7 Å². The Bertz CT molecular complexity index is 334. The zero-order valence-electron chi connectivity index (χ0n) is 9.97. The number of hydrogen-bond acceptors (Lipinski definition) is 2. The number of rotatable bonds is 2. The van der Waals surface area contributed by atoms with Crippen molar-refractivity contribution in [3.8, 4) is 0 Å². The van der Waals surface area contributed by atoms with Crippen molar-refractivity contribution in [2.45, 2.75) is 38.4 Å². The van der Waals surface area contributed by atoms with E-state index in [1.165, 1.54) is 4.90 Å². The van der Waals surface area contributed by atoms with Crippen LogP contribution in [-0.2, 0) is 4.79 Å². The van der Waals surface area contributed by atoms with Crippen LogP contribution >= 0.6 is 0 Å². The van der Waals surface area contributed by atoms with E-state index in [9.17, 15) is 18.0 Å². The van der Waals surface area contributed by atoms with Gasteiger partial charge in [-0.15, -0.1) is 0 Å². The molecule has 1 amide bonds. The lowest BCUT2D eigenvalue weighted by atomic mass is 9.97. The number of nitrogens with zero attached hydrogens (tertiary/aromatic N) is 1. The molecule has 0 aromatic carbocycles. The van der Waals surface area contributed by atoms with Crippen molar-refractivity contribution < 1.29 is 18.0 Å². The third kappa shape index (κ3) is 3.21. The first kappa shape index (κ1) is 14.0. The molecule has 0 saturated heterocycles. The van der Waals surface area contributed by atoms with Gasteiger partial charge in [0.25, 0.3) is 0 Å². The molecule has 0 bridgehead atoms. The van der Waals surface area contributed by atoms with Gasteiger partial charge in [0.15, 0.2) is 0 Å². The van der Waals surface area contributed by atoms with E-state index in [0.29, 0.717) is 6.42 Å². The summed E-state index contributed by atoms with van der Waals surface area (Å²) in [6.07, 6.45) is -2.92. The summed E-state index contributed by atoms with van der Waals surface area (Å²) in [4.78, 5) is 13.3. The van der Waals surface area contributed by atoms with Gasteiger partial charge in [-0.3, -0.25) is 4.79 Å². The molecule has 2 N–H and O–H groups in total. The van der Waals surface area contributed by atoms with Crippen LogP contribution in [0.3, 0.4) is 0 Å². The summed E-state index contributed by atoms with van der Waals surface area (Å²) in [6.45, 7) is 3.44. The van der Waals surface area contributed by atoms with Crippen LogP contribution in [-0.4, -0.2) is 35.6 Å². The standard InChI is InChI=1S/C11H17F3N2O/c1-3-10(2,15)9(17)16-6-4-8(5-7-16)11(12,13)14/h4H,3,5-7,15H2,1-2H3. The van der Waals surface area contributed by atoms with Gasteiger partial charge in [-0.05, 0) is 19.8 Å². The predicted octanol–water partition coefficient (Wildman–Crippen LogP) is 1.83. The monoisotopic (exact) mass is 250 g/mol. The van der Waals surface area contributed by atoms with E-state index in [1.807, 2.05) is 0 Å². The lowest BCUT2D eigenvalue weighted by molar-refractivity contribution is -0.137. The maximum atomic E-state index is 12.4. The highest BCUT2D eigenvalue weighted by Crippen LogP contribution is 2.30. The lowest BCUT2D eigenvalue weighted by Crippen LogP contribution is -2.54. The van der Waals surface area contributed by atoms with E-state index in [-0.39, 0.29) is 25.4 Å². The van der Waals surface area contributed by atoms with Crippen molar-refractivity contribution in [2.24, 2.45) is 5.73 Å². The molecule has 0 aromatic rings. The molecule has 17 heavy (non-hydrogen) atoms. The molecule has 3 nitrogen and oxygen atoms in total. The van der Waals surface area contributed by atoms with Crippen molar-refractivity contribution in [2.75, 3.05) is 13.1 Å². The van der Waals surface area contributed by atoms with Crippen molar-refractivity contribution in [3.05, 3.63) is 11.6 Å². The Morgan fingerprint density at radius 3 is 2.47 bits per heavy atom. The number of alkyl halides is 3. The molecular formula is C11H17F3N2O. The number of nitrogens with two attached hydrogens (primary N) is 1. The molecule has 0 radical (unpaired) electrons. The molecule has 1 aliphatic rings. The van der Waals surface area contributed by atoms with Gasteiger partial charge < -0.3 is 10.6 Å². The minimum atomic E-state index is -4.29. The van der Waals surface area contributed by atoms with Gasteiger partial charge in [-0.25, -0.2) is 0 Å². The van der Waals surface area contributed by atoms with E-state index in [0.717, 1.165) is 6.08 Å². The maximum Gasteiger partial charge on any atom is 0.412 e. The summed E-state index contributed by atoms with van der Waals surface area (Å²) < 4.78 is 37.1. The van der Waals surface area contributed by atoms with Crippen molar-refractivity contribution in [1.29, 1.82) is 0 Å². The number of halogens is 3. The molecule has 0 aromatic heterocycles. The fourth-order valence-corrected chi connectivity index (χ4v) is 1.62. The van der Waals surface area contributed by atoms with Crippen LogP contribution in [0.1, 0.15) is 26.7 Å². The SMILES string of the molecule is CCC(C)(N)C(=O)N1CC=C(C(F)(F)F)CC1. The van der Waals surface area contributed by atoms with Gasteiger partial charge in [-0.2, -0.15) is 13.2 Å². The molecule has 1 atom stereocenters. The molecule has 6 heteroatoms. The van der Waals surface area contributed by atoms with Crippen molar-refractivity contribution in [1.82, 2.24) is 4.90 Å². The van der Waals surface area contributed by atoms with E-state index in [2.05, 4.69) is 0 Å². The second-order valence-corrected chi connectivity index (χ2v) is 4.50. The smallest absolute Gasteiger partial charge is 0.337 e. The Morgan fingerprint density at radius 1 is 1.53 bits per heavy atom. The highest BCUT2D eigenvalue weighted by Gasteiger charge is 2.37. The number of carbonyl (C=O) groups is 1. The Morgan fingerprint density at radius 2 is 2.12 bits per heavy atom. The summed E-state index contributed by atoms with van der Waals surface area (Å²) in [5, 5.41) is 0. The van der Waals surface area contributed by atoms with Crippen LogP contribution in [0.25, 0.3) is 0 Å². The average Bonchev–Trinajstić information content (AvgIpc) is 2.27. The number of carbonyl (C=O) groups excluding carboxylic acids is 1. The molecule has 1 rings (SSSR count). The average molecular weight is 250 g/mol. The maximum absolute atomic E-state index is 12.4. The van der Waals surface area contributed by atoms with Gasteiger partial charge >= 0.3 is 6.18 Å². The summed E-state index contributed by atoms with van der Waals surface area (Å²) in [5.74, 6) is -0.294. The highest BCUT2D eigenvalue weighted by molar-refractivity contribution is 5.85. The van der Waals surface area contributed by atoms with Crippen LogP contribution in [0.5, 0.6) is 0 Å². The fraction of sp³-hybridized carbons (Fsp3) is 0.727. The first-order valence-corrected chi connectivity index (χ1v) is 5.53. The zero-order chi connectivity index (χ0) is 13.3. The zero-order valence-corrected chi connectivity index (χ0v) is 9.97. The Hall–Kier alpha value is -1.04. The normalized spacial score (nSPS) is 20.8. The Labute approximate surface area is 98.5 Å². The van der Waals surface area contributed by atoms with Crippen LogP contribution < -0.4 is 5.73 Å². The second-order valence-electron chi connectivity index (χ2n) is 4.50. The lowest BCUT2D eigenvalue weighted by Gasteiger charge is -2.33. The van der Waals surface area contributed by atoms with Crippen molar-refractivity contribution >= 4 is 5.91 Å². The first-order chi connectivity index (χ1) is 7.68. The molecule has 0 spiro atoms. The number of amides is 1. The van der Waals surface area contributed by atoms with Gasteiger partial charge in [0.05, 0.1) is 5.54 Å². The topological polar surface area (TPSA) is 46.3 Å². The fourth-order valence-electron chi connectivity index (χ4n) is 1.62. The Kier molecular flexibility index (Phi) is 3.86. The summed E-state index contributed by atoms with van der Waals surface area (Å²) in [5.41, 5.74) is 4.22. The minimum Gasteiger partial charge on any atom is -0.337 e.